The molecule has 78 valence electrons. The lowest BCUT2D eigenvalue weighted by molar-refractivity contribution is 0.414. The van der Waals surface area contributed by atoms with Crippen molar-refractivity contribution in [3.8, 4) is 5.75 Å². The molecule has 0 unspecified atom stereocenters. The van der Waals surface area contributed by atoms with Crippen molar-refractivity contribution in [3.63, 3.8) is 0 Å². The number of hydrogen-bond donors (Lipinski definition) is 1. The van der Waals surface area contributed by atoms with E-state index in [2.05, 4.69) is 5.32 Å². The third kappa shape index (κ3) is 3.37. The van der Waals surface area contributed by atoms with Crippen LogP contribution in [0.2, 0.25) is 5.02 Å². The first-order valence-corrected chi connectivity index (χ1v) is 5.28. The van der Waals surface area contributed by atoms with Gasteiger partial charge in [0.2, 0.25) is 0 Å². The number of hydrogen-bond acceptors (Lipinski definition) is 2. The molecule has 0 spiro atoms. The number of methoxy groups -OCH3 is 1. The number of benzene rings is 1. The summed E-state index contributed by atoms with van der Waals surface area (Å²) in [5.41, 5.74) is 1.05. The zero-order chi connectivity index (χ0) is 10.4. The molecule has 1 rings (SSSR count). The lowest BCUT2D eigenvalue weighted by Gasteiger charge is -2.07. The number of halogens is 2. The van der Waals surface area contributed by atoms with Crippen molar-refractivity contribution in [3.05, 3.63) is 28.8 Å². The van der Waals surface area contributed by atoms with E-state index in [0.717, 1.165) is 24.4 Å². The molecule has 2 nitrogen and oxygen atoms in total. The molecule has 0 heterocycles. The lowest BCUT2D eigenvalue weighted by atomic mass is 10.2. The molecule has 1 aromatic rings. The molecule has 0 fully saturated rings. The van der Waals surface area contributed by atoms with Crippen LogP contribution in [0.5, 0.6) is 5.75 Å². The number of ether oxygens (including phenoxy) is 1. The number of rotatable bonds is 5. The maximum atomic E-state index is 6.03. The van der Waals surface area contributed by atoms with E-state index in [1.807, 2.05) is 12.1 Å². The summed E-state index contributed by atoms with van der Waals surface area (Å²) < 4.78 is 5.05. The van der Waals surface area contributed by atoms with Crippen molar-refractivity contribution in [2.75, 3.05) is 19.5 Å². The third-order valence-electron chi connectivity index (χ3n) is 1.85. The average Bonchev–Trinajstić information content (AvgIpc) is 2.20. The molecule has 0 aliphatic heterocycles. The highest BCUT2D eigenvalue weighted by Crippen LogP contribution is 2.21. The summed E-state index contributed by atoms with van der Waals surface area (Å²) in [6.45, 7) is 1.51. The average molecular weight is 234 g/mol. The molecule has 1 aromatic carbocycles. The molecule has 0 bridgehead atoms. The van der Waals surface area contributed by atoms with E-state index in [9.17, 15) is 0 Å². The van der Waals surface area contributed by atoms with Crippen LogP contribution in [-0.4, -0.2) is 19.5 Å². The van der Waals surface area contributed by atoms with Gasteiger partial charge in [-0.2, -0.15) is 0 Å². The van der Waals surface area contributed by atoms with Crippen LogP contribution in [0.1, 0.15) is 5.56 Å². The molecule has 4 heteroatoms. The second-order valence-corrected chi connectivity index (χ2v) is 3.61. The first-order chi connectivity index (χ1) is 6.77. The van der Waals surface area contributed by atoms with Crippen LogP contribution in [0.15, 0.2) is 18.2 Å². The van der Waals surface area contributed by atoms with Gasteiger partial charge in [0.05, 0.1) is 7.11 Å². The molecule has 0 atom stereocenters. The minimum Gasteiger partial charge on any atom is -0.497 e. The van der Waals surface area contributed by atoms with Gasteiger partial charge in [-0.15, -0.1) is 11.6 Å². The molecule has 14 heavy (non-hydrogen) atoms. The fraction of sp³-hybridized carbons (Fsp3) is 0.400. The highest BCUT2D eigenvalue weighted by atomic mass is 35.5. The maximum Gasteiger partial charge on any atom is 0.120 e. The summed E-state index contributed by atoms with van der Waals surface area (Å²) in [5, 5.41) is 3.89. The first-order valence-electron chi connectivity index (χ1n) is 4.37. The molecule has 0 aliphatic rings. The fourth-order valence-corrected chi connectivity index (χ4v) is 1.46. The minimum absolute atomic E-state index is 0.605. The molecule has 0 aromatic heterocycles. The first kappa shape index (κ1) is 11.6. The summed E-state index contributed by atoms with van der Waals surface area (Å²) in [5.74, 6) is 1.38. The SMILES string of the molecule is COc1ccc(CNCCCl)c(Cl)c1. The van der Waals surface area contributed by atoms with Gasteiger partial charge < -0.3 is 10.1 Å². The second-order valence-electron chi connectivity index (χ2n) is 2.82. The van der Waals surface area contributed by atoms with E-state index in [-0.39, 0.29) is 0 Å². The van der Waals surface area contributed by atoms with Gasteiger partial charge in [0.1, 0.15) is 5.75 Å². The monoisotopic (exact) mass is 233 g/mol. The van der Waals surface area contributed by atoms with E-state index in [1.54, 1.807) is 13.2 Å². The number of alkyl halides is 1. The summed E-state index contributed by atoms with van der Waals surface area (Å²) in [7, 11) is 1.62. The molecule has 0 aliphatic carbocycles. The van der Waals surface area contributed by atoms with Crippen LogP contribution in [0.25, 0.3) is 0 Å². The predicted molar refractivity (Wildman–Crippen MR) is 60.4 cm³/mol. The highest BCUT2D eigenvalue weighted by Gasteiger charge is 2.01. The van der Waals surface area contributed by atoms with Gasteiger partial charge in [0.25, 0.3) is 0 Å². The molecular weight excluding hydrogens is 221 g/mol. The Kier molecular flexibility index (Phi) is 5.09. The fourth-order valence-electron chi connectivity index (χ4n) is 1.09. The molecule has 0 amide bonds. The summed E-state index contributed by atoms with van der Waals surface area (Å²) in [6, 6.07) is 5.64. The molecule has 0 saturated carbocycles. The van der Waals surface area contributed by atoms with Gasteiger partial charge in [0, 0.05) is 24.0 Å². The Labute approximate surface area is 94.2 Å². The smallest absolute Gasteiger partial charge is 0.120 e. The van der Waals surface area contributed by atoms with Crippen LogP contribution >= 0.6 is 23.2 Å². The molecule has 1 N–H and O–H groups in total. The molecule has 0 saturated heterocycles. The predicted octanol–water partition coefficient (Wildman–Crippen LogP) is 2.68. The zero-order valence-corrected chi connectivity index (χ0v) is 9.53. The van der Waals surface area contributed by atoms with Gasteiger partial charge in [-0.25, -0.2) is 0 Å². The Hall–Kier alpha value is -0.440. The Bertz CT molecular complexity index is 291. The van der Waals surface area contributed by atoms with E-state index in [0.29, 0.717) is 10.9 Å². The van der Waals surface area contributed by atoms with Crippen LogP contribution in [0.3, 0.4) is 0 Å². The van der Waals surface area contributed by atoms with Gasteiger partial charge >= 0.3 is 0 Å². The Balaban J connectivity index is 2.59. The van der Waals surface area contributed by atoms with Crippen LogP contribution < -0.4 is 10.1 Å². The maximum absolute atomic E-state index is 6.03. The summed E-state index contributed by atoms with van der Waals surface area (Å²) in [6.07, 6.45) is 0. The van der Waals surface area contributed by atoms with Gasteiger partial charge in [-0.1, -0.05) is 17.7 Å². The van der Waals surface area contributed by atoms with Gasteiger partial charge in [0.15, 0.2) is 0 Å². The van der Waals surface area contributed by atoms with E-state index in [4.69, 9.17) is 27.9 Å². The van der Waals surface area contributed by atoms with E-state index in [1.165, 1.54) is 0 Å². The van der Waals surface area contributed by atoms with Crippen molar-refractivity contribution < 1.29 is 4.74 Å². The summed E-state index contributed by atoms with van der Waals surface area (Å²) >= 11 is 11.6. The second kappa shape index (κ2) is 6.12. The lowest BCUT2D eigenvalue weighted by Crippen LogP contribution is -2.15. The van der Waals surface area contributed by atoms with Crippen molar-refractivity contribution >= 4 is 23.2 Å². The minimum atomic E-state index is 0.605. The van der Waals surface area contributed by atoms with Crippen LogP contribution in [0, 0.1) is 0 Å². The largest absolute Gasteiger partial charge is 0.497 e. The quantitative estimate of drug-likeness (QED) is 0.624. The standard InChI is InChI=1S/C10H13Cl2NO/c1-14-9-3-2-8(10(12)6-9)7-13-5-4-11/h2-3,6,13H,4-5,7H2,1H3. The van der Waals surface area contributed by atoms with Crippen LogP contribution in [0.4, 0.5) is 0 Å². The van der Waals surface area contributed by atoms with Crippen molar-refractivity contribution in [1.82, 2.24) is 5.32 Å². The van der Waals surface area contributed by atoms with Crippen molar-refractivity contribution in [1.29, 1.82) is 0 Å². The summed E-state index contributed by atoms with van der Waals surface area (Å²) in [4.78, 5) is 0. The van der Waals surface area contributed by atoms with E-state index >= 15 is 0 Å². The molecule has 0 radical (unpaired) electrons. The number of nitrogens with one attached hydrogen (secondary N) is 1. The third-order valence-corrected chi connectivity index (χ3v) is 2.39. The van der Waals surface area contributed by atoms with Crippen LogP contribution in [-0.2, 0) is 6.54 Å². The Morgan fingerprint density at radius 1 is 1.43 bits per heavy atom. The normalized spacial score (nSPS) is 10.2. The van der Waals surface area contributed by atoms with Crippen molar-refractivity contribution in [2.24, 2.45) is 0 Å². The van der Waals surface area contributed by atoms with Gasteiger partial charge in [-0.05, 0) is 17.7 Å². The zero-order valence-electron chi connectivity index (χ0n) is 8.02. The molecular formula is C10H13Cl2NO. The topological polar surface area (TPSA) is 21.3 Å². The Morgan fingerprint density at radius 3 is 2.79 bits per heavy atom. The van der Waals surface area contributed by atoms with Crippen molar-refractivity contribution in [2.45, 2.75) is 6.54 Å². The van der Waals surface area contributed by atoms with E-state index < -0.39 is 0 Å². The van der Waals surface area contributed by atoms with Gasteiger partial charge in [-0.3, -0.25) is 0 Å². The highest BCUT2D eigenvalue weighted by molar-refractivity contribution is 6.31. The Morgan fingerprint density at radius 2 is 2.21 bits per heavy atom.